The molecule has 2 unspecified atom stereocenters. The molecule has 2 heterocycles. The number of aromatic nitrogens is 2. The largest absolute Gasteiger partial charge is 0.353 e. The van der Waals surface area contributed by atoms with Crippen LogP contribution < -0.4 is 5.32 Å². The second kappa shape index (κ2) is 10.3. The average Bonchev–Trinajstić information content (AvgIpc) is 3.32. The van der Waals surface area contributed by atoms with Crippen LogP contribution in [0.25, 0.3) is 0 Å². The molecule has 2 aliphatic rings. The Morgan fingerprint density at radius 3 is 2.67 bits per heavy atom. The van der Waals surface area contributed by atoms with Gasteiger partial charge >= 0.3 is 0 Å². The number of guanidine groups is 1. The number of hydrogen-bond acceptors (Lipinski definition) is 3. The molecule has 152 valence electrons. The highest BCUT2D eigenvalue weighted by molar-refractivity contribution is 14.0. The van der Waals surface area contributed by atoms with Gasteiger partial charge in [0.1, 0.15) is 6.54 Å². The molecule has 0 bridgehead atoms. The van der Waals surface area contributed by atoms with Crippen LogP contribution in [0.4, 0.5) is 0 Å². The lowest BCUT2D eigenvalue weighted by molar-refractivity contribution is -0.127. The monoisotopic (exact) mass is 488 g/mol. The van der Waals surface area contributed by atoms with Crippen LogP contribution in [0.2, 0.25) is 0 Å². The minimum Gasteiger partial charge on any atom is -0.353 e. The van der Waals surface area contributed by atoms with Crippen LogP contribution in [0.1, 0.15) is 45.1 Å². The first-order chi connectivity index (χ1) is 12.5. The first-order valence-electron chi connectivity index (χ1n) is 9.78. The third-order valence-electron chi connectivity index (χ3n) is 5.68. The van der Waals surface area contributed by atoms with Gasteiger partial charge < -0.3 is 19.7 Å². The molecule has 0 radical (unpaired) electrons. The highest BCUT2D eigenvalue weighted by Gasteiger charge is 2.30. The summed E-state index contributed by atoms with van der Waals surface area (Å²) in [5.41, 5.74) is 0. The van der Waals surface area contributed by atoms with Crippen LogP contribution in [0.5, 0.6) is 0 Å². The van der Waals surface area contributed by atoms with E-state index >= 15 is 0 Å². The van der Waals surface area contributed by atoms with Crippen LogP contribution in [0, 0.1) is 5.92 Å². The molecule has 1 saturated carbocycles. The van der Waals surface area contributed by atoms with E-state index < -0.39 is 0 Å². The van der Waals surface area contributed by atoms with Crippen molar-refractivity contribution >= 4 is 35.8 Å². The molecule has 1 aromatic rings. The third kappa shape index (κ3) is 5.83. The van der Waals surface area contributed by atoms with Crippen LogP contribution in [-0.4, -0.2) is 71.0 Å². The summed E-state index contributed by atoms with van der Waals surface area (Å²) < 4.78 is 2.20. The van der Waals surface area contributed by atoms with Crippen molar-refractivity contribution < 1.29 is 4.79 Å². The predicted octanol–water partition coefficient (Wildman–Crippen LogP) is 2.36. The van der Waals surface area contributed by atoms with Gasteiger partial charge in [0, 0.05) is 45.6 Å². The lowest BCUT2D eigenvalue weighted by Gasteiger charge is -2.40. The van der Waals surface area contributed by atoms with Crippen molar-refractivity contribution in [3.8, 4) is 0 Å². The Morgan fingerprint density at radius 1 is 1.30 bits per heavy atom. The summed E-state index contributed by atoms with van der Waals surface area (Å²) in [6.45, 7) is 4.37. The molecule has 1 aromatic heterocycles. The summed E-state index contributed by atoms with van der Waals surface area (Å²) in [7, 11) is 3.55. The number of imidazole rings is 1. The zero-order valence-corrected chi connectivity index (χ0v) is 19.0. The first-order valence-corrected chi connectivity index (χ1v) is 9.78. The van der Waals surface area contributed by atoms with Crippen LogP contribution in [0.15, 0.2) is 23.7 Å². The smallest absolute Gasteiger partial charge is 0.243 e. The fourth-order valence-electron chi connectivity index (χ4n) is 3.87. The first kappa shape index (κ1) is 22.0. The van der Waals surface area contributed by atoms with Crippen molar-refractivity contribution in [2.75, 3.05) is 33.7 Å². The maximum Gasteiger partial charge on any atom is 0.243 e. The highest BCUT2D eigenvalue weighted by Crippen LogP contribution is 2.28. The van der Waals surface area contributed by atoms with E-state index in [9.17, 15) is 4.79 Å². The van der Waals surface area contributed by atoms with E-state index in [2.05, 4.69) is 31.7 Å². The number of piperidine rings is 1. The standard InChI is InChI=1S/C19H32N6O.HI/c1-15-8-10-24(13-17(15)25-11-9-20-14-25)19(21-12-18(26)23(2)3)22-16-6-4-5-7-16;/h9,11,14-17H,4-8,10,12-13H2,1-3H3,(H,21,22);1H. The van der Waals surface area contributed by atoms with Gasteiger partial charge in [0.2, 0.25) is 5.91 Å². The Kier molecular flexibility index (Phi) is 8.37. The quantitative estimate of drug-likeness (QED) is 0.402. The summed E-state index contributed by atoms with van der Waals surface area (Å²) in [6, 6.07) is 0.862. The van der Waals surface area contributed by atoms with E-state index in [0.717, 1.165) is 25.5 Å². The molecule has 0 spiro atoms. The van der Waals surface area contributed by atoms with E-state index in [1.54, 1.807) is 19.0 Å². The zero-order valence-electron chi connectivity index (χ0n) is 16.7. The second-order valence-electron chi connectivity index (χ2n) is 7.84. The molecule has 27 heavy (non-hydrogen) atoms. The van der Waals surface area contributed by atoms with Gasteiger partial charge in [0.05, 0.1) is 12.4 Å². The summed E-state index contributed by atoms with van der Waals surface area (Å²) in [6.07, 6.45) is 11.8. The molecular weight excluding hydrogens is 455 g/mol. The van der Waals surface area contributed by atoms with Gasteiger partial charge in [-0.3, -0.25) is 4.79 Å². The molecule has 2 atom stereocenters. The summed E-state index contributed by atoms with van der Waals surface area (Å²) in [4.78, 5) is 24.9. The van der Waals surface area contributed by atoms with Crippen LogP contribution in [-0.2, 0) is 4.79 Å². The Hall–Kier alpha value is -1.32. The Labute approximate surface area is 179 Å². The lowest BCUT2D eigenvalue weighted by atomic mass is 9.93. The number of carbonyl (C=O) groups excluding carboxylic acids is 1. The third-order valence-corrected chi connectivity index (χ3v) is 5.68. The van der Waals surface area contributed by atoms with Gasteiger partial charge in [-0.1, -0.05) is 19.8 Å². The van der Waals surface area contributed by atoms with Gasteiger partial charge in [-0.2, -0.15) is 0 Å². The molecule has 1 saturated heterocycles. The number of halogens is 1. The summed E-state index contributed by atoms with van der Waals surface area (Å²) in [5.74, 6) is 1.52. The molecule has 1 amide bonds. The molecule has 1 aliphatic heterocycles. The van der Waals surface area contributed by atoms with Gasteiger partial charge in [0.15, 0.2) is 5.96 Å². The van der Waals surface area contributed by atoms with E-state index in [4.69, 9.17) is 0 Å². The van der Waals surface area contributed by atoms with E-state index in [-0.39, 0.29) is 36.4 Å². The van der Waals surface area contributed by atoms with Gasteiger partial charge in [-0.25, -0.2) is 9.98 Å². The number of rotatable bonds is 4. The van der Waals surface area contributed by atoms with Crippen molar-refractivity contribution in [3.05, 3.63) is 18.7 Å². The maximum absolute atomic E-state index is 12.0. The molecule has 8 heteroatoms. The van der Waals surface area contributed by atoms with Crippen molar-refractivity contribution in [1.29, 1.82) is 0 Å². The number of likely N-dealkylation sites (N-methyl/N-ethyl adjacent to an activating group) is 1. The molecule has 1 aliphatic carbocycles. The highest BCUT2D eigenvalue weighted by atomic mass is 127. The van der Waals surface area contributed by atoms with Crippen molar-refractivity contribution in [1.82, 2.24) is 24.7 Å². The van der Waals surface area contributed by atoms with E-state index in [1.807, 2.05) is 18.7 Å². The molecule has 2 fully saturated rings. The molecule has 3 rings (SSSR count). The topological polar surface area (TPSA) is 65.8 Å². The number of aliphatic imine (C=N–C) groups is 1. The minimum absolute atomic E-state index is 0. The van der Waals surface area contributed by atoms with Gasteiger partial charge in [0.25, 0.3) is 0 Å². The van der Waals surface area contributed by atoms with E-state index in [0.29, 0.717) is 18.0 Å². The second-order valence-corrected chi connectivity index (χ2v) is 7.84. The lowest BCUT2D eigenvalue weighted by Crippen LogP contribution is -2.51. The van der Waals surface area contributed by atoms with Crippen molar-refractivity contribution in [3.63, 3.8) is 0 Å². The number of carbonyl (C=O) groups is 1. The molecule has 1 N–H and O–H groups in total. The van der Waals surface area contributed by atoms with E-state index in [1.165, 1.54) is 25.7 Å². The number of nitrogens with one attached hydrogen (secondary N) is 1. The Balaban J connectivity index is 0.00000261. The molecular formula is C19H33IN6O. The van der Waals surface area contributed by atoms with Crippen LogP contribution >= 0.6 is 24.0 Å². The number of amides is 1. The fourth-order valence-corrected chi connectivity index (χ4v) is 3.87. The number of likely N-dealkylation sites (tertiary alicyclic amines) is 1. The van der Waals surface area contributed by atoms with Crippen molar-refractivity contribution in [2.24, 2.45) is 10.9 Å². The molecule has 7 nitrogen and oxygen atoms in total. The average molecular weight is 488 g/mol. The van der Waals surface area contributed by atoms with Crippen LogP contribution in [0.3, 0.4) is 0 Å². The number of nitrogens with zero attached hydrogens (tertiary/aromatic N) is 5. The zero-order chi connectivity index (χ0) is 18.5. The SMILES string of the molecule is CC1CCN(C(=NCC(=O)N(C)C)NC2CCCC2)CC1n1ccnc1.I. The van der Waals surface area contributed by atoms with Gasteiger partial charge in [-0.15, -0.1) is 24.0 Å². The maximum atomic E-state index is 12.0. The van der Waals surface area contributed by atoms with Crippen molar-refractivity contribution in [2.45, 2.75) is 51.1 Å². The Morgan fingerprint density at radius 2 is 2.04 bits per heavy atom. The fraction of sp³-hybridized carbons (Fsp3) is 0.737. The van der Waals surface area contributed by atoms with Gasteiger partial charge in [-0.05, 0) is 25.2 Å². The normalized spacial score (nSPS) is 23.8. The number of hydrogen-bond donors (Lipinski definition) is 1. The molecule has 0 aromatic carbocycles. The minimum atomic E-state index is 0. The Bertz CT molecular complexity index is 612. The summed E-state index contributed by atoms with van der Waals surface area (Å²) >= 11 is 0. The summed E-state index contributed by atoms with van der Waals surface area (Å²) in [5, 5.41) is 3.64. The predicted molar refractivity (Wildman–Crippen MR) is 118 cm³/mol.